The third-order valence-electron chi connectivity index (χ3n) is 3.00. The van der Waals surface area contributed by atoms with Crippen LogP contribution in [-0.2, 0) is 16.0 Å². The molecule has 1 aromatic carbocycles. The summed E-state index contributed by atoms with van der Waals surface area (Å²) in [6, 6.07) is 5.97. The number of halogens is 1. The van der Waals surface area contributed by atoms with Crippen LogP contribution in [0.4, 0.5) is 4.39 Å². The summed E-state index contributed by atoms with van der Waals surface area (Å²) in [5.41, 5.74) is 0.559. The second-order valence-corrected chi connectivity index (χ2v) is 4.39. The van der Waals surface area contributed by atoms with E-state index in [4.69, 9.17) is 0 Å². The summed E-state index contributed by atoms with van der Waals surface area (Å²) in [6.07, 6.45) is 0.415. The Bertz CT molecular complexity index is 476. The molecule has 1 unspecified atom stereocenters. The van der Waals surface area contributed by atoms with Gasteiger partial charge >= 0.3 is 0 Å². The molecular weight excluding hydrogens is 235 g/mol. The standard InChI is InChI=1S/C13H15FN2O2/c1-9-13(18)16(8-12(17)15-9)7-6-10-4-2-3-5-11(10)14/h2-5,9H,6-8H2,1H3,(H,15,17). The Morgan fingerprint density at radius 2 is 2.11 bits per heavy atom. The van der Waals surface area contributed by atoms with E-state index in [2.05, 4.69) is 5.32 Å². The van der Waals surface area contributed by atoms with Crippen LogP contribution in [0, 0.1) is 5.82 Å². The Morgan fingerprint density at radius 3 is 2.83 bits per heavy atom. The maximum Gasteiger partial charge on any atom is 0.245 e. The molecule has 2 amide bonds. The van der Waals surface area contributed by atoms with Crippen molar-refractivity contribution in [3.63, 3.8) is 0 Å². The van der Waals surface area contributed by atoms with Gasteiger partial charge in [0.1, 0.15) is 11.9 Å². The topological polar surface area (TPSA) is 49.4 Å². The lowest BCUT2D eigenvalue weighted by atomic mass is 10.1. The average Bonchev–Trinajstić information content (AvgIpc) is 2.33. The molecule has 0 radical (unpaired) electrons. The van der Waals surface area contributed by atoms with Crippen LogP contribution in [-0.4, -0.2) is 35.8 Å². The van der Waals surface area contributed by atoms with Crippen LogP contribution in [0.3, 0.4) is 0 Å². The van der Waals surface area contributed by atoms with Crippen molar-refractivity contribution in [2.24, 2.45) is 0 Å². The van der Waals surface area contributed by atoms with Gasteiger partial charge < -0.3 is 10.2 Å². The van der Waals surface area contributed by atoms with Gasteiger partial charge in [0, 0.05) is 6.54 Å². The van der Waals surface area contributed by atoms with Crippen molar-refractivity contribution in [3.8, 4) is 0 Å². The molecule has 1 N–H and O–H groups in total. The SMILES string of the molecule is CC1NC(=O)CN(CCc2ccccc2F)C1=O. The molecule has 0 aromatic heterocycles. The monoisotopic (exact) mass is 250 g/mol. The Morgan fingerprint density at radius 1 is 1.39 bits per heavy atom. The van der Waals surface area contributed by atoms with Gasteiger partial charge in [-0.1, -0.05) is 18.2 Å². The minimum absolute atomic E-state index is 0.0532. The third-order valence-corrected chi connectivity index (χ3v) is 3.00. The summed E-state index contributed by atoms with van der Waals surface area (Å²) < 4.78 is 13.4. The number of amides is 2. The van der Waals surface area contributed by atoms with Gasteiger partial charge in [0.25, 0.3) is 0 Å². The Kier molecular flexibility index (Phi) is 3.60. The number of hydrogen-bond acceptors (Lipinski definition) is 2. The van der Waals surface area contributed by atoms with E-state index in [0.29, 0.717) is 18.5 Å². The largest absolute Gasteiger partial charge is 0.343 e. The number of hydrogen-bond donors (Lipinski definition) is 1. The highest BCUT2D eigenvalue weighted by atomic mass is 19.1. The lowest BCUT2D eigenvalue weighted by Gasteiger charge is -2.30. The molecule has 1 atom stereocenters. The lowest BCUT2D eigenvalue weighted by molar-refractivity contribution is -0.143. The van der Waals surface area contributed by atoms with E-state index in [9.17, 15) is 14.0 Å². The van der Waals surface area contributed by atoms with Gasteiger partial charge in [-0.25, -0.2) is 4.39 Å². The molecule has 0 spiro atoms. The zero-order valence-electron chi connectivity index (χ0n) is 10.1. The fraction of sp³-hybridized carbons (Fsp3) is 0.385. The Balaban J connectivity index is 1.99. The molecule has 1 aliphatic rings. The predicted molar refractivity (Wildman–Crippen MR) is 64.3 cm³/mol. The van der Waals surface area contributed by atoms with Crippen molar-refractivity contribution in [2.45, 2.75) is 19.4 Å². The molecule has 2 rings (SSSR count). The van der Waals surface area contributed by atoms with E-state index in [1.54, 1.807) is 25.1 Å². The van der Waals surface area contributed by atoms with Crippen molar-refractivity contribution < 1.29 is 14.0 Å². The summed E-state index contributed by atoms with van der Waals surface area (Å²) in [4.78, 5) is 24.6. The fourth-order valence-electron chi connectivity index (χ4n) is 2.02. The predicted octanol–water partition coefficient (Wildman–Crippen LogP) is 0.715. The smallest absolute Gasteiger partial charge is 0.245 e. The van der Waals surface area contributed by atoms with Crippen molar-refractivity contribution >= 4 is 11.8 Å². The highest BCUT2D eigenvalue weighted by Gasteiger charge is 2.28. The number of piperazine rings is 1. The van der Waals surface area contributed by atoms with E-state index >= 15 is 0 Å². The van der Waals surface area contributed by atoms with Crippen LogP contribution in [0.25, 0.3) is 0 Å². The van der Waals surface area contributed by atoms with Crippen molar-refractivity contribution in [2.75, 3.05) is 13.1 Å². The molecule has 1 fully saturated rings. The van der Waals surface area contributed by atoms with Crippen LogP contribution >= 0.6 is 0 Å². The third kappa shape index (κ3) is 2.67. The van der Waals surface area contributed by atoms with Crippen LogP contribution in [0.15, 0.2) is 24.3 Å². The molecule has 18 heavy (non-hydrogen) atoms. The molecule has 1 heterocycles. The average molecular weight is 250 g/mol. The summed E-state index contributed by atoms with van der Waals surface area (Å²) in [5, 5.41) is 2.56. The Hall–Kier alpha value is -1.91. The summed E-state index contributed by atoms with van der Waals surface area (Å²) >= 11 is 0. The van der Waals surface area contributed by atoms with Gasteiger partial charge in [-0.05, 0) is 25.0 Å². The second kappa shape index (κ2) is 5.16. The molecule has 0 saturated carbocycles. The number of rotatable bonds is 3. The number of carbonyl (C=O) groups is 2. The zero-order valence-corrected chi connectivity index (χ0v) is 10.1. The molecule has 96 valence electrons. The minimum Gasteiger partial charge on any atom is -0.343 e. The van der Waals surface area contributed by atoms with Crippen LogP contribution in [0.5, 0.6) is 0 Å². The maximum absolute atomic E-state index is 13.4. The summed E-state index contributed by atoms with van der Waals surface area (Å²) in [5.74, 6) is -0.568. The summed E-state index contributed by atoms with van der Waals surface area (Å²) in [6.45, 7) is 2.06. The van der Waals surface area contributed by atoms with Gasteiger partial charge in [0.05, 0.1) is 6.54 Å². The van der Waals surface area contributed by atoms with Crippen molar-refractivity contribution in [1.82, 2.24) is 10.2 Å². The minimum atomic E-state index is -0.494. The number of nitrogens with one attached hydrogen (secondary N) is 1. The van der Waals surface area contributed by atoms with Gasteiger partial charge in [-0.15, -0.1) is 0 Å². The Labute approximate surface area is 105 Å². The molecule has 5 heteroatoms. The van der Waals surface area contributed by atoms with Crippen LogP contribution in [0.1, 0.15) is 12.5 Å². The highest BCUT2D eigenvalue weighted by Crippen LogP contribution is 2.09. The summed E-state index contributed by atoms with van der Waals surface area (Å²) in [7, 11) is 0. The van der Waals surface area contributed by atoms with Gasteiger partial charge in [-0.2, -0.15) is 0 Å². The molecule has 0 aliphatic carbocycles. The van der Waals surface area contributed by atoms with Crippen LogP contribution in [0.2, 0.25) is 0 Å². The van der Waals surface area contributed by atoms with E-state index in [0.717, 1.165) is 0 Å². The first kappa shape index (κ1) is 12.5. The molecule has 1 saturated heterocycles. The van der Waals surface area contributed by atoms with E-state index in [1.807, 2.05) is 0 Å². The van der Waals surface area contributed by atoms with E-state index < -0.39 is 6.04 Å². The normalized spacial score (nSPS) is 19.9. The fourth-order valence-corrected chi connectivity index (χ4v) is 2.02. The van der Waals surface area contributed by atoms with Gasteiger partial charge in [0.15, 0.2) is 0 Å². The van der Waals surface area contributed by atoms with Gasteiger partial charge in [0.2, 0.25) is 11.8 Å². The second-order valence-electron chi connectivity index (χ2n) is 4.39. The zero-order chi connectivity index (χ0) is 13.1. The van der Waals surface area contributed by atoms with Gasteiger partial charge in [-0.3, -0.25) is 9.59 Å². The molecule has 0 bridgehead atoms. The molecule has 4 nitrogen and oxygen atoms in total. The van der Waals surface area contributed by atoms with E-state index in [1.165, 1.54) is 11.0 Å². The maximum atomic E-state index is 13.4. The first-order chi connectivity index (χ1) is 8.58. The first-order valence-electron chi connectivity index (χ1n) is 5.89. The van der Waals surface area contributed by atoms with Crippen molar-refractivity contribution in [3.05, 3.63) is 35.6 Å². The lowest BCUT2D eigenvalue weighted by Crippen LogP contribution is -2.57. The molecular formula is C13H15FN2O2. The first-order valence-corrected chi connectivity index (χ1v) is 5.89. The van der Waals surface area contributed by atoms with Crippen molar-refractivity contribution in [1.29, 1.82) is 0 Å². The number of carbonyl (C=O) groups excluding carboxylic acids is 2. The highest BCUT2D eigenvalue weighted by molar-refractivity contribution is 5.94. The number of benzene rings is 1. The quantitative estimate of drug-likeness (QED) is 0.859. The van der Waals surface area contributed by atoms with E-state index in [-0.39, 0.29) is 24.2 Å². The molecule has 1 aromatic rings. The molecule has 1 aliphatic heterocycles. The number of nitrogens with zero attached hydrogens (tertiary/aromatic N) is 1. The van der Waals surface area contributed by atoms with Crippen LogP contribution < -0.4 is 5.32 Å².